The fraction of sp³-hybridized carbons (Fsp3) is 0.684. The molecule has 1 atom stereocenters. The molecule has 0 amide bonds. The minimum absolute atomic E-state index is 0.349. The van der Waals surface area contributed by atoms with Gasteiger partial charge in [0.25, 0.3) is 0 Å². The van der Waals surface area contributed by atoms with Crippen molar-refractivity contribution in [3.05, 3.63) is 35.9 Å². The van der Waals surface area contributed by atoms with Gasteiger partial charge in [0.2, 0.25) is 0 Å². The Morgan fingerprint density at radius 1 is 1.14 bits per heavy atom. The smallest absolute Gasteiger partial charge is 0.0304 e. The Balaban J connectivity index is 1.65. The summed E-state index contributed by atoms with van der Waals surface area (Å²) in [7, 11) is 0. The van der Waals surface area contributed by atoms with Gasteiger partial charge in [0.15, 0.2) is 0 Å². The second-order valence-electron chi connectivity index (χ2n) is 6.98. The van der Waals surface area contributed by atoms with E-state index < -0.39 is 0 Å². The summed E-state index contributed by atoms with van der Waals surface area (Å²) >= 11 is 0. The first-order valence-electron chi connectivity index (χ1n) is 8.79. The predicted octanol–water partition coefficient (Wildman–Crippen LogP) is 3.47. The molecule has 21 heavy (non-hydrogen) atoms. The van der Waals surface area contributed by atoms with E-state index in [4.69, 9.17) is 0 Å². The molecule has 1 unspecified atom stereocenters. The van der Waals surface area contributed by atoms with Crippen molar-refractivity contribution >= 4 is 0 Å². The first kappa shape index (κ1) is 15.1. The second kappa shape index (κ2) is 6.50. The maximum absolute atomic E-state index is 3.89. The summed E-state index contributed by atoms with van der Waals surface area (Å²) in [6, 6.07) is 11.7. The average Bonchev–Trinajstić information content (AvgIpc) is 3.38. The molecule has 1 aliphatic heterocycles. The molecule has 1 aromatic rings. The molecule has 1 N–H and O–H groups in total. The number of rotatable bonds is 6. The lowest BCUT2D eigenvalue weighted by Crippen LogP contribution is -2.64. The van der Waals surface area contributed by atoms with Crippen LogP contribution in [0.3, 0.4) is 0 Å². The van der Waals surface area contributed by atoms with Crippen molar-refractivity contribution in [2.24, 2.45) is 5.92 Å². The van der Waals surface area contributed by atoms with Crippen LogP contribution in [0, 0.1) is 5.92 Å². The lowest BCUT2D eigenvalue weighted by Gasteiger charge is -2.48. The van der Waals surface area contributed by atoms with E-state index in [0.717, 1.165) is 12.0 Å². The van der Waals surface area contributed by atoms with Crippen molar-refractivity contribution in [2.45, 2.75) is 57.5 Å². The normalized spacial score (nSPS) is 25.9. The highest BCUT2D eigenvalue weighted by Gasteiger charge is 2.42. The third-order valence-corrected chi connectivity index (χ3v) is 5.71. The summed E-state index contributed by atoms with van der Waals surface area (Å²) in [5, 5.41) is 3.89. The molecule has 0 spiro atoms. The summed E-state index contributed by atoms with van der Waals surface area (Å²) in [6.45, 7) is 8.32. The largest absolute Gasteiger partial charge is 0.308 e. The average molecular weight is 286 g/mol. The molecule has 0 bridgehead atoms. The van der Waals surface area contributed by atoms with E-state index in [1.807, 2.05) is 0 Å². The summed E-state index contributed by atoms with van der Waals surface area (Å²) < 4.78 is 0. The van der Waals surface area contributed by atoms with Crippen LogP contribution < -0.4 is 5.32 Å². The summed E-state index contributed by atoms with van der Waals surface area (Å²) in [5.74, 6) is 0.958. The molecule has 1 heterocycles. The predicted molar refractivity (Wildman–Crippen MR) is 89.5 cm³/mol. The Bertz CT molecular complexity index is 434. The number of nitrogens with zero attached hydrogens (tertiary/aromatic N) is 1. The summed E-state index contributed by atoms with van der Waals surface area (Å²) in [4.78, 5) is 2.80. The van der Waals surface area contributed by atoms with Crippen molar-refractivity contribution < 1.29 is 0 Å². The Labute approximate surface area is 129 Å². The summed E-state index contributed by atoms with van der Waals surface area (Å²) in [6.07, 6.45) is 6.55. The van der Waals surface area contributed by atoms with E-state index in [1.165, 1.54) is 57.3 Å². The second-order valence-corrected chi connectivity index (χ2v) is 6.98. The molecule has 1 saturated heterocycles. The van der Waals surface area contributed by atoms with Crippen LogP contribution in [0.15, 0.2) is 30.3 Å². The standard InChI is InChI=1S/C19H30N2/c1-3-19(4-2)15-21(18(14-20-19)17-10-11-17)13-12-16-8-6-5-7-9-16/h5-9,17-18,20H,3-4,10-15H2,1-2H3. The van der Waals surface area contributed by atoms with Gasteiger partial charge in [-0.3, -0.25) is 4.90 Å². The van der Waals surface area contributed by atoms with Crippen molar-refractivity contribution in [3.8, 4) is 0 Å². The van der Waals surface area contributed by atoms with Crippen LogP contribution in [0.2, 0.25) is 0 Å². The van der Waals surface area contributed by atoms with E-state index in [1.54, 1.807) is 0 Å². The molecular formula is C19H30N2. The zero-order chi connectivity index (χ0) is 14.7. The van der Waals surface area contributed by atoms with Gasteiger partial charge in [-0.2, -0.15) is 0 Å². The van der Waals surface area contributed by atoms with Crippen LogP contribution in [0.4, 0.5) is 0 Å². The zero-order valence-corrected chi connectivity index (χ0v) is 13.6. The molecule has 2 fully saturated rings. The first-order valence-corrected chi connectivity index (χ1v) is 8.79. The lowest BCUT2D eigenvalue weighted by atomic mass is 9.87. The monoisotopic (exact) mass is 286 g/mol. The molecule has 0 aromatic heterocycles. The van der Waals surface area contributed by atoms with Crippen LogP contribution in [-0.2, 0) is 6.42 Å². The fourth-order valence-corrected chi connectivity index (χ4v) is 3.84. The van der Waals surface area contributed by atoms with Gasteiger partial charge < -0.3 is 5.32 Å². The van der Waals surface area contributed by atoms with Gasteiger partial charge in [-0.05, 0) is 43.6 Å². The maximum Gasteiger partial charge on any atom is 0.0304 e. The molecule has 1 saturated carbocycles. The molecule has 2 aliphatic rings. The van der Waals surface area contributed by atoms with Crippen molar-refractivity contribution in [2.75, 3.05) is 19.6 Å². The van der Waals surface area contributed by atoms with Crippen LogP contribution in [-0.4, -0.2) is 36.1 Å². The van der Waals surface area contributed by atoms with Crippen LogP contribution in [0.1, 0.15) is 45.1 Å². The van der Waals surface area contributed by atoms with Gasteiger partial charge in [-0.1, -0.05) is 44.2 Å². The highest BCUT2D eigenvalue weighted by atomic mass is 15.3. The molecule has 2 heteroatoms. The summed E-state index contributed by atoms with van der Waals surface area (Å²) in [5.41, 5.74) is 1.83. The highest BCUT2D eigenvalue weighted by molar-refractivity contribution is 5.15. The quantitative estimate of drug-likeness (QED) is 0.861. The molecule has 3 rings (SSSR count). The SMILES string of the molecule is CCC1(CC)CN(CCc2ccccc2)C(C2CC2)CN1. The van der Waals surface area contributed by atoms with Crippen LogP contribution >= 0.6 is 0 Å². The maximum atomic E-state index is 3.89. The number of benzene rings is 1. The third-order valence-electron chi connectivity index (χ3n) is 5.71. The topological polar surface area (TPSA) is 15.3 Å². The molecule has 116 valence electrons. The van der Waals surface area contributed by atoms with Gasteiger partial charge in [0.05, 0.1) is 0 Å². The molecule has 2 nitrogen and oxygen atoms in total. The highest BCUT2D eigenvalue weighted by Crippen LogP contribution is 2.38. The lowest BCUT2D eigenvalue weighted by molar-refractivity contribution is 0.0629. The Kier molecular flexibility index (Phi) is 4.66. The third kappa shape index (κ3) is 3.49. The molecule has 0 radical (unpaired) electrons. The van der Waals surface area contributed by atoms with Gasteiger partial charge in [0, 0.05) is 31.2 Å². The van der Waals surface area contributed by atoms with Gasteiger partial charge >= 0.3 is 0 Å². The Morgan fingerprint density at radius 3 is 2.48 bits per heavy atom. The Hall–Kier alpha value is -0.860. The number of hydrogen-bond acceptors (Lipinski definition) is 2. The Morgan fingerprint density at radius 2 is 1.86 bits per heavy atom. The van der Waals surface area contributed by atoms with E-state index in [0.29, 0.717) is 5.54 Å². The van der Waals surface area contributed by atoms with E-state index in [2.05, 4.69) is 54.4 Å². The fourth-order valence-electron chi connectivity index (χ4n) is 3.84. The number of piperazine rings is 1. The van der Waals surface area contributed by atoms with Crippen molar-refractivity contribution in [1.29, 1.82) is 0 Å². The molecular weight excluding hydrogens is 256 g/mol. The number of nitrogens with one attached hydrogen (secondary N) is 1. The molecule has 1 aliphatic carbocycles. The zero-order valence-electron chi connectivity index (χ0n) is 13.6. The minimum atomic E-state index is 0.349. The molecule has 1 aromatic carbocycles. The van der Waals surface area contributed by atoms with Crippen LogP contribution in [0.25, 0.3) is 0 Å². The van der Waals surface area contributed by atoms with Gasteiger partial charge in [0.1, 0.15) is 0 Å². The minimum Gasteiger partial charge on any atom is -0.308 e. The van der Waals surface area contributed by atoms with Gasteiger partial charge in [-0.25, -0.2) is 0 Å². The van der Waals surface area contributed by atoms with Crippen molar-refractivity contribution in [1.82, 2.24) is 10.2 Å². The van der Waals surface area contributed by atoms with Crippen LogP contribution in [0.5, 0.6) is 0 Å². The van der Waals surface area contributed by atoms with E-state index in [9.17, 15) is 0 Å². The van der Waals surface area contributed by atoms with E-state index in [-0.39, 0.29) is 0 Å². The van der Waals surface area contributed by atoms with Crippen molar-refractivity contribution in [3.63, 3.8) is 0 Å². The number of hydrogen-bond donors (Lipinski definition) is 1. The van der Waals surface area contributed by atoms with E-state index >= 15 is 0 Å². The first-order chi connectivity index (χ1) is 10.3. The van der Waals surface area contributed by atoms with Gasteiger partial charge in [-0.15, -0.1) is 0 Å².